The zero-order chi connectivity index (χ0) is 25.4. The third kappa shape index (κ3) is 7.71. The number of benzene rings is 1. The largest absolute Gasteiger partial charge is 0.491 e. The van der Waals surface area contributed by atoms with Gasteiger partial charge in [0.15, 0.2) is 0 Å². The number of aryl methyl sites for hydroxylation is 2. The fourth-order valence-corrected chi connectivity index (χ4v) is 4.04. The highest BCUT2D eigenvalue weighted by Crippen LogP contribution is 2.24. The number of nitrogens with one attached hydrogen (secondary N) is 2. The Balaban J connectivity index is 1.73. The van der Waals surface area contributed by atoms with E-state index < -0.39 is 0 Å². The summed E-state index contributed by atoms with van der Waals surface area (Å²) in [6, 6.07) is 6.49. The number of aromatic nitrogens is 2. The van der Waals surface area contributed by atoms with E-state index >= 15 is 0 Å². The van der Waals surface area contributed by atoms with Crippen LogP contribution in [0.1, 0.15) is 49.2 Å². The Morgan fingerprint density at radius 3 is 2.77 bits per heavy atom. The Hall–Kier alpha value is -3.07. The van der Waals surface area contributed by atoms with Crippen molar-refractivity contribution < 1.29 is 19.1 Å². The predicted octanol–water partition coefficient (Wildman–Crippen LogP) is 2.58. The quantitative estimate of drug-likeness (QED) is 0.667. The molecule has 9 nitrogen and oxygen atoms in total. The third-order valence-electron chi connectivity index (χ3n) is 6.10. The molecule has 2 N–H and O–H groups in total. The van der Waals surface area contributed by atoms with Crippen molar-refractivity contribution in [2.75, 3.05) is 26.2 Å². The first-order valence-corrected chi connectivity index (χ1v) is 12.4. The van der Waals surface area contributed by atoms with E-state index in [0.717, 1.165) is 5.69 Å². The van der Waals surface area contributed by atoms with Gasteiger partial charge in [0.05, 0.1) is 18.2 Å². The second-order valence-electron chi connectivity index (χ2n) is 9.09. The Kier molecular flexibility index (Phi) is 9.54. The van der Waals surface area contributed by atoms with Gasteiger partial charge in [-0.05, 0) is 49.4 Å². The molecule has 0 radical (unpaired) electrons. The number of ether oxygens (including phenoxy) is 1. The minimum atomic E-state index is -0.300. The summed E-state index contributed by atoms with van der Waals surface area (Å²) in [5.41, 5.74) is 1.31. The predicted molar refractivity (Wildman–Crippen MR) is 133 cm³/mol. The van der Waals surface area contributed by atoms with Crippen LogP contribution in [0.2, 0.25) is 5.02 Å². The zero-order valence-electron chi connectivity index (χ0n) is 20.6. The minimum Gasteiger partial charge on any atom is -0.491 e. The van der Waals surface area contributed by atoms with Crippen molar-refractivity contribution in [3.05, 3.63) is 46.7 Å². The molecule has 1 aromatic heterocycles. The molecule has 190 valence electrons. The molecule has 0 aliphatic carbocycles. The van der Waals surface area contributed by atoms with Gasteiger partial charge in [0.25, 0.3) is 5.91 Å². The van der Waals surface area contributed by atoms with E-state index in [9.17, 15) is 14.4 Å². The number of carbonyl (C=O) groups is 3. The van der Waals surface area contributed by atoms with E-state index in [0.29, 0.717) is 48.7 Å². The van der Waals surface area contributed by atoms with E-state index in [-0.39, 0.29) is 49.3 Å². The summed E-state index contributed by atoms with van der Waals surface area (Å²) in [5, 5.41) is 10.5. The smallest absolute Gasteiger partial charge is 0.255 e. The SMILES string of the molecule is CC(C)[C@H]1COc2ccc(Cl)cc2C(=O)NCCCCN(C(=O)CCc2ccnn2C)CC(=O)N1. The van der Waals surface area contributed by atoms with Crippen molar-refractivity contribution in [3.63, 3.8) is 0 Å². The van der Waals surface area contributed by atoms with Gasteiger partial charge in [0, 0.05) is 43.5 Å². The lowest BCUT2D eigenvalue weighted by Crippen LogP contribution is -2.48. The Bertz CT molecular complexity index is 1040. The van der Waals surface area contributed by atoms with Gasteiger partial charge in [-0.3, -0.25) is 19.1 Å². The molecule has 1 atom stereocenters. The first kappa shape index (κ1) is 26.5. The van der Waals surface area contributed by atoms with Crippen molar-refractivity contribution in [1.29, 1.82) is 0 Å². The molecule has 0 saturated carbocycles. The fourth-order valence-electron chi connectivity index (χ4n) is 3.87. The first-order valence-electron chi connectivity index (χ1n) is 12.0. The van der Waals surface area contributed by atoms with Gasteiger partial charge in [0.1, 0.15) is 12.4 Å². The van der Waals surface area contributed by atoms with E-state index in [2.05, 4.69) is 15.7 Å². The van der Waals surface area contributed by atoms with Gasteiger partial charge in [-0.2, -0.15) is 5.10 Å². The lowest BCUT2D eigenvalue weighted by molar-refractivity contribution is -0.136. The van der Waals surface area contributed by atoms with Gasteiger partial charge in [0.2, 0.25) is 11.8 Å². The molecule has 0 fully saturated rings. The Morgan fingerprint density at radius 1 is 1.26 bits per heavy atom. The van der Waals surface area contributed by atoms with Crippen LogP contribution >= 0.6 is 11.6 Å². The molecule has 0 bridgehead atoms. The van der Waals surface area contributed by atoms with Gasteiger partial charge in [-0.15, -0.1) is 0 Å². The number of fused-ring (bicyclic) bond motifs is 1. The lowest BCUT2D eigenvalue weighted by atomic mass is 10.1. The molecule has 3 rings (SSSR count). The summed E-state index contributed by atoms with van der Waals surface area (Å²) >= 11 is 6.11. The highest BCUT2D eigenvalue weighted by atomic mass is 35.5. The summed E-state index contributed by atoms with van der Waals surface area (Å²) in [5.74, 6) is -0.107. The minimum absolute atomic E-state index is 0.0218. The van der Waals surface area contributed by atoms with Gasteiger partial charge >= 0.3 is 0 Å². The average molecular weight is 504 g/mol. The molecule has 2 heterocycles. The van der Waals surface area contributed by atoms with Gasteiger partial charge < -0.3 is 20.3 Å². The maximum absolute atomic E-state index is 13.0. The van der Waals surface area contributed by atoms with Crippen LogP contribution in [0.15, 0.2) is 30.5 Å². The number of hydrogen-bond donors (Lipinski definition) is 2. The van der Waals surface area contributed by atoms with Crippen molar-refractivity contribution in [3.8, 4) is 5.75 Å². The zero-order valence-corrected chi connectivity index (χ0v) is 21.3. The summed E-state index contributed by atoms with van der Waals surface area (Å²) in [4.78, 5) is 40.3. The van der Waals surface area contributed by atoms with E-state index in [1.54, 1.807) is 34.0 Å². The molecule has 35 heavy (non-hydrogen) atoms. The Labute approximate surface area is 211 Å². The highest BCUT2D eigenvalue weighted by Gasteiger charge is 2.23. The third-order valence-corrected chi connectivity index (χ3v) is 6.34. The van der Waals surface area contributed by atoms with Crippen LogP contribution in [0, 0.1) is 5.92 Å². The standard InChI is InChI=1S/C25H34ClN5O4/c1-17(2)21-16-35-22-8-6-18(26)14-20(22)25(34)27-11-4-5-13-31(15-23(32)29-21)24(33)9-7-19-10-12-28-30(19)3/h6,8,10,12,14,17,21H,4-5,7,9,11,13,15-16H2,1-3H3,(H,27,34)(H,29,32)/t21-/m1/s1. The van der Waals surface area contributed by atoms with E-state index in [1.807, 2.05) is 27.0 Å². The van der Waals surface area contributed by atoms with Gasteiger partial charge in [-0.25, -0.2) is 0 Å². The van der Waals surface area contributed by atoms with Crippen LogP contribution < -0.4 is 15.4 Å². The van der Waals surface area contributed by atoms with Crippen LogP contribution in [0.5, 0.6) is 5.75 Å². The molecule has 2 aromatic rings. The second kappa shape index (κ2) is 12.6. The number of rotatable bonds is 4. The highest BCUT2D eigenvalue weighted by molar-refractivity contribution is 6.31. The van der Waals surface area contributed by atoms with E-state index in [4.69, 9.17) is 16.3 Å². The first-order chi connectivity index (χ1) is 16.7. The number of nitrogens with zero attached hydrogens (tertiary/aromatic N) is 3. The molecular formula is C25H34ClN5O4. The van der Waals surface area contributed by atoms with Crippen LogP contribution in [-0.2, 0) is 23.1 Å². The van der Waals surface area contributed by atoms with Crippen molar-refractivity contribution >= 4 is 29.3 Å². The molecule has 0 spiro atoms. The molecule has 0 saturated heterocycles. The van der Waals surface area contributed by atoms with Crippen LogP contribution in [0.3, 0.4) is 0 Å². The van der Waals surface area contributed by atoms with Crippen LogP contribution in [0.4, 0.5) is 0 Å². The number of hydrogen-bond acceptors (Lipinski definition) is 5. The Morgan fingerprint density at radius 2 is 2.06 bits per heavy atom. The van der Waals surface area contributed by atoms with Crippen molar-refractivity contribution in [2.45, 2.75) is 45.6 Å². The summed E-state index contributed by atoms with van der Waals surface area (Å²) in [6.07, 6.45) is 3.84. The molecule has 0 unspecified atom stereocenters. The van der Waals surface area contributed by atoms with Crippen LogP contribution in [-0.4, -0.2) is 64.7 Å². The maximum atomic E-state index is 13.0. The van der Waals surface area contributed by atoms with Crippen molar-refractivity contribution in [1.82, 2.24) is 25.3 Å². The molecule has 1 aromatic carbocycles. The molecule has 3 amide bonds. The fraction of sp³-hybridized carbons (Fsp3) is 0.520. The molecular weight excluding hydrogens is 470 g/mol. The topological polar surface area (TPSA) is 106 Å². The number of amides is 3. The summed E-state index contributed by atoms with van der Waals surface area (Å²) < 4.78 is 7.70. The molecule has 1 aliphatic rings. The summed E-state index contributed by atoms with van der Waals surface area (Å²) in [7, 11) is 1.84. The lowest BCUT2D eigenvalue weighted by Gasteiger charge is -2.26. The number of carbonyl (C=O) groups excluding carboxylic acids is 3. The van der Waals surface area contributed by atoms with Crippen molar-refractivity contribution in [2.24, 2.45) is 13.0 Å². The van der Waals surface area contributed by atoms with E-state index in [1.165, 1.54) is 0 Å². The average Bonchev–Trinajstić information content (AvgIpc) is 3.23. The normalized spacial score (nSPS) is 18.1. The second-order valence-corrected chi connectivity index (χ2v) is 9.53. The molecule has 10 heteroatoms. The monoisotopic (exact) mass is 503 g/mol. The van der Waals surface area contributed by atoms with Crippen LogP contribution in [0.25, 0.3) is 0 Å². The van der Waals surface area contributed by atoms with Gasteiger partial charge in [-0.1, -0.05) is 25.4 Å². The molecule has 1 aliphatic heterocycles. The number of halogens is 1. The maximum Gasteiger partial charge on any atom is 0.255 e. The summed E-state index contributed by atoms with van der Waals surface area (Å²) in [6.45, 7) is 4.98.